The molecule has 0 bridgehead atoms. The van der Waals surface area contributed by atoms with Crippen molar-refractivity contribution in [2.24, 2.45) is 0 Å². The van der Waals surface area contributed by atoms with Gasteiger partial charge in [-0.3, -0.25) is 28.7 Å². The fourth-order valence-electron chi connectivity index (χ4n) is 5.13. The molecule has 8 rings (SSSR count). The van der Waals surface area contributed by atoms with Crippen molar-refractivity contribution in [1.82, 2.24) is 34.1 Å². The van der Waals surface area contributed by atoms with Crippen LogP contribution in [0.15, 0.2) is 148 Å². The van der Waals surface area contributed by atoms with Gasteiger partial charge in [0.1, 0.15) is 0 Å². The molecule has 4 aromatic heterocycles. The van der Waals surface area contributed by atoms with Crippen LogP contribution in [-0.2, 0) is 0 Å². The minimum Gasteiger partial charge on any atom is -0.334 e. The van der Waals surface area contributed by atoms with E-state index in [1.54, 1.807) is 48.8 Å². The number of carbonyl (C=O) groups is 2. The monoisotopic (exact) mass is 677 g/mol. The van der Waals surface area contributed by atoms with Gasteiger partial charge in [0, 0.05) is 53.9 Å². The van der Waals surface area contributed by atoms with Gasteiger partial charge in [-0.15, -0.1) is 0 Å². The number of benzene rings is 4. The van der Waals surface area contributed by atoms with Crippen molar-refractivity contribution in [2.45, 2.75) is 0 Å². The molecule has 0 aliphatic carbocycles. The van der Waals surface area contributed by atoms with Crippen LogP contribution in [0.25, 0.3) is 33.4 Å². The van der Waals surface area contributed by atoms with Crippen molar-refractivity contribution >= 4 is 45.3 Å². The molecule has 5 N–H and O–H groups in total. The highest BCUT2D eigenvalue weighted by atomic mass is 16.2. The van der Waals surface area contributed by atoms with E-state index in [1.165, 1.54) is 29.0 Å². The van der Waals surface area contributed by atoms with Gasteiger partial charge in [-0.25, -0.2) is 14.8 Å². The Bertz CT molecular complexity index is 2620. The maximum atomic E-state index is 12.3. The summed E-state index contributed by atoms with van der Waals surface area (Å²) in [5.74, 6) is -0.180. The molecule has 2 amide bonds. The summed E-state index contributed by atoms with van der Waals surface area (Å²) in [7, 11) is 0. The third-order valence-electron chi connectivity index (χ3n) is 7.66. The number of para-hydroxylation sites is 4. The highest BCUT2D eigenvalue weighted by molar-refractivity contribution is 6.04. The molecule has 4 heterocycles. The van der Waals surface area contributed by atoms with Crippen molar-refractivity contribution in [1.29, 1.82) is 0 Å². The van der Waals surface area contributed by atoms with Crippen LogP contribution in [0, 0.1) is 0 Å². The first kappa shape index (κ1) is 32.0. The first-order valence-electron chi connectivity index (χ1n) is 15.5. The number of aromatic amines is 3. The van der Waals surface area contributed by atoms with Crippen LogP contribution in [0.4, 0.5) is 11.4 Å². The molecule has 0 atom stereocenters. The van der Waals surface area contributed by atoms with Crippen LogP contribution in [0.2, 0.25) is 0 Å². The van der Waals surface area contributed by atoms with Gasteiger partial charge in [-0.05, 0) is 72.8 Å². The topological polar surface area (TPSA) is 192 Å². The van der Waals surface area contributed by atoms with Gasteiger partial charge in [0.15, 0.2) is 17.1 Å². The SMILES string of the molecule is O=C(Nc1ccc(-n2ccc(=O)[nH]c2=O)cc1)c1nc2ccccc2[nH]1.O=C(Nc1ccc(-n2ccc(=O)cc2)cc1)c1nc2ccccc2[nH]1. The number of pyridine rings is 1. The fraction of sp³-hybridized carbons (Fsp3) is 0. The van der Waals surface area contributed by atoms with Crippen LogP contribution in [0.1, 0.15) is 21.2 Å². The standard InChI is InChI=1S/C19H14N4O2.C18H13N5O3/c24-15-9-11-23(12-10-15)14-7-5-13(6-8-14)20-19(25)18-21-16-3-1-2-4-17(16)22-18;24-15-9-10-23(18(26)22-15)12-7-5-11(6-8-12)19-17(25)16-20-13-3-1-2-4-14(13)21-16/h1-12H,(H,20,25)(H,21,22);1-10H,(H,19,25)(H,20,21)(H,22,24,26). The van der Waals surface area contributed by atoms with Gasteiger partial charge in [0.2, 0.25) is 0 Å². The average Bonchev–Trinajstić information content (AvgIpc) is 3.79. The highest BCUT2D eigenvalue weighted by Crippen LogP contribution is 2.17. The normalized spacial score (nSPS) is 10.7. The molecule has 0 aliphatic rings. The lowest BCUT2D eigenvalue weighted by molar-refractivity contribution is 0.101. The summed E-state index contributed by atoms with van der Waals surface area (Å²) >= 11 is 0. The molecular formula is C37H27N9O5. The zero-order chi connectivity index (χ0) is 35.3. The average molecular weight is 678 g/mol. The Kier molecular flexibility index (Phi) is 8.68. The molecule has 14 heteroatoms. The molecule has 0 saturated heterocycles. The number of anilines is 2. The van der Waals surface area contributed by atoms with E-state index in [1.807, 2.05) is 65.2 Å². The number of imidazole rings is 2. The van der Waals surface area contributed by atoms with Gasteiger partial charge >= 0.3 is 5.69 Å². The van der Waals surface area contributed by atoms with Gasteiger partial charge < -0.3 is 25.2 Å². The van der Waals surface area contributed by atoms with E-state index in [0.717, 1.165) is 22.2 Å². The quantitative estimate of drug-likeness (QED) is 0.169. The van der Waals surface area contributed by atoms with E-state index in [4.69, 9.17) is 0 Å². The molecule has 0 aliphatic heterocycles. The van der Waals surface area contributed by atoms with Crippen molar-refractivity contribution in [3.05, 3.63) is 177 Å². The Balaban J connectivity index is 0.000000159. The molecule has 4 aromatic carbocycles. The molecule has 0 saturated carbocycles. The molecule has 51 heavy (non-hydrogen) atoms. The second kappa shape index (κ2) is 13.9. The minimum absolute atomic E-state index is 0.0361. The number of rotatable bonds is 6. The number of nitrogens with zero attached hydrogens (tertiary/aromatic N) is 4. The number of aromatic nitrogens is 7. The number of hydrogen-bond donors (Lipinski definition) is 5. The van der Waals surface area contributed by atoms with Crippen LogP contribution in [0.5, 0.6) is 0 Å². The molecule has 0 radical (unpaired) electrons. The summed E-state index contributed by atoms with van der Waals surface area (Å²) in [6.07, 6.45) is 4.79. The predicted molar refractivity (Wildman–Crippen MR) is 193 cm³/mol. The number of hydrogen-bond acceptors (Lipinski definition) is 7. The minimum atomic E-state index is -0.531. The maximum Gasteiger partial charge on any atom is 0.332 e. The first-order chi connectivity index (χ1) is 24.8. The van der Waals surface area contributed by atoms with Gasteiger partial charge in [0.25, 0.3) is 17.4 Å². The lowest BCUT2D eigenvalue weighted by Crippen LogP contribution is -2.27. The molecule has 14 nitrogen and oxygen atoms in total. The van der Waals surface area contributed by atoms with E-state index in [2.05, 4.69) is 35.6 Å². The van der Waals surface area contributed by atoms with E-state index in [0.29, 0.717) is 22.6 Å². The number of amides is 2. The summed E-state index contributed by atoms with van der Waals surface area (Å²) < 4.78 is 3.12. The largest absolute Gasteiger partial charge is 0.334 e. The third kappa shape index (κ3) is 7.29. The Hall–Kier alpha value is -7.61. The Morgan fingerprint density at radius 3 is 1.51 bits per heavy atom. The zero-order valence-electron chi connectivity index (χ0n) is 26.5. The number of fused-ring (bicyclic) bond motifs is 2. The number of nitrogens with one attached hydrogen (secondary N) is 5. The van der Waals surface area contributed by atoms with E-state index in [9.17, 15) is 24.0 Å². The molecule has 250 valence electrons. The number of H-pyrrole nitrogens is 3. The first-order valence-corrected chi connectivity index (χ1v) is 15.5. The Morgan fingerprint density at radius 1 is 0.529 bits per heavy atom. The van der Waals surface area contributed by atoms with Crippen molar-refractivity contribution < 1.29 is 9.59 Å². The van der Waals surface area contributed by atoms with E-state index < -0.39 is 11.2 Å². The van der Waals surface area contributed by atoms with Crippen molar-refractivity contribution in [2.75, 3.05) is 10.6 Å². The van der Waals surface area contributed by atoms with Crippen molar-refractivity contribution in [3.63, 3.8) is 0 Å². The molecule has 0 spiro atoms. The Morgan fingerprint density at radius 2 is 1.02 bits per heavy atom. The molecule has 8 aromatic rings. The fourth-order valence-corrected chi connectivity index (χ4v) is 5.13. The summed E-state index contributed by atoms with van der Waals surface area (Å²) in [5.41, 5.74) is 4.71. The van der Waals surface area contributed by atoms with Gasteiger partial charge in [-0.2, -0.15) is 0 Å². The summed E-state index contributed by atoms with van der Waals surface area (Å²) in [6, 6.07) is 33.1. The van der Waals surface area contributed by atoms with Crippen LogP contribution < -0.4 is 27.3 Å². The second-order valence-electron chi connectivity index (χ2n) is 11.1. The van der Waals surface area contributed by atoms with Crippen molar-refractivity contribution in [3.8, 4) is 11.4 Å². The van der Waals surface area contributed by atoms with Crippen LogP contribution in [-0.4, -0.2) is 45.9 Å². The summed E-state index contributed by atoms with van der Waals surface area (Å²) in [5, 5.41) is 5.56. The lowest BCUT2D eigenvalue weighted by atomic mass is 10.2. The highest BCUT2D eigenvalue weighted by Gasteiger charge is 2.13. The number of carbonyl (C=O) groups excluding carboxylic acids is 2. The maximum absolute atomic E-state index is 12.3. The lowest BCUT2D eigenvalue weighted by Gasteiger charge is -2.07. The third-order valence-corrected chi connectivity index (χ3v) is 7.66. The molecule has 0 fully saturated rings. The summed E-state index contributed by atoms with van der Waals surface area (Å²) in [6.45, 7) is 0. The van der Waals surface area contributed by atoms with E-state index in [-0.39, 0.29) is 28.9 Å². The van der Waals surface area contributed by atoms with Crippen LogP contribution in [0.3, 0.4) is 0 Å². The van der Waals surface area contributed by atoms with Crippen LogP contribution >= 0.6 is 0 Å². The smallest absolute Gasteiger partial charge is 0.332 e. The molecule has 0 unspecified atom stereocenters. The predicted octanol–water partition coefficient (Wildman–Crippen LogP) is 4.62. The van der Waals surface area contributed by atoms with Gasteiger partial charge in [0.05, 0.1) is 27.8 Å². The summed E-state index contributed by atoms with van der Waals surface area (Å²) in [4.78, 5) is 75.4. The van der Waals surface area contributed by atoms with Gasteiger partial charge in [-0.1, -0.05) is 24.3 Å². The zero-order valence-corrected chi connectivity index (χ0v) is 26.5. The Labute approximate surface area is 287 Å². The molecular weight excluding hydrogens is 650 g/mol. The second-order valence-corrected chi connectivity index (χ2v) is 11.1. The van der Waals surface area contributed by atoms with E-state index >= 15 is 0 Å².